The van der Waals surface area contributed by atoms with Crippen LogP contribution in [0.2, 0.25) is 0 Å². The molecule has 4 heteroatoms. The summed E-state index contributed by atoms with van der Waals surface area (Å²) in [6.07, 6.45) is 7.14. The lowest BCUT2D eigenvalue weighted by Crippen LogP contribution is -2.34. The van der Waals surface area contributed by atoms with Gasteiger partial charge in [-0.2, -0.15) is 0 Å². The van der Waals surface area contributed by atoms with Crippen molar-refractivity contribution in [1.29, 1.82) is 0 Å². The molecule has 0 unspecified atom stereocenters. The molecule has 1 aromatic carbocycles. The van der Waals surface area contributed by atoms with Gasteiger partial charge in [0.25, 0.3) is 0 Å². The van der Waals surface area contributed by atoms with Gasteiger partial charge < -0.3 is 10.6 Å². The van der Waals surface area contributed by atoms with Crippen LogP contribution >= 0.6 is 15.9 Å². The number of benzene rings is 1. The van der Waals surface area contributed by atoms with E-state index >= 15 is 0 Å². The molecule has 100 valence electrons. The smallest absolute Gasteiger partial charge is 0.319 e. The van der Waals surface area contributed by atoms with Crippen molar-refractivity contribution in [1.82, 2.24) is 5.32 Å². The first kappa shape index (κ1) is 12.7. The van der Waals surface area contributed by atoms with E-state index in [1.165, 1.54) is 12.8 Å². The second-order valence-electron chi connectivity index (χ2n) is 5.38. The van der Waals surface area contributed by atoms with Crippen LogP contribution in [0.15, 0.2) is 40.9 Å². The number of nitrogens with one attached hydrogen (secondary N) is 2. The number of carbonyl (C=O) groups excluding carboxylic acids is 1. The molecular weight excluding hydrogens is 304 g/mol. The predicted molar refractivity (Wildman–Crippen MR) is 80.0 cm³/mol. The third-order valence-electron chi connectivity index (χ3n) is 4.04. The average Bonchev–Trinajstić information content (AvgIpc) is 3.01. The van der Waals surface area contributed by atoms with E-state index in [0.29, 0.717) is 11.8 Å². The number of hydrogen-bond acceptors (Lipinski definition) is 1. The van der Waals surface area contributed by atoms with Crippen LogP contribution in [0.25, 0.3) is 0 Å². The third kappa shape index (κ3) is 3.00. The van der Waals surface area contributed by atoms with Crippen molar-refractivity contribution in [2.24, 2.45) is 17.8 Å². The van der Waals surface area contributed by atoms with Crippen LogP contribution in [-0.2, 0) is 0 Å². The lowest BCUT2D eigenvalue weighted by atomic mass is 9.94. The maximum Gasteiger partial charge on any atom is 0.319 e. The number of fused-ring (bicyclic) bond motifs is 2. The fourth-order valence-corrected chi connectivity index (χ4v) is 3.33. The summed E-state index contributed by atoms with van der Waals surface area (Å²) in [5, 5.41) is 5.83. The van der Waals surface area contributed by atoms with Crippen molar-refractivity contribution in [3.8, 4) is 0 Å². The Hall–Kier alpha value is -1.29. The Bertz CT molecular complexity index is 497. The Balaban J connectivity index is 1.47. The fraction of sp³-hybridized carbons (Fsp3) is 0.400. The SMILES string of the molecule is O=C(NC[C@@H]1C[C@H]2C=C[C@H]1C2)Nc1ccc(Br)cc1. The van der Waals surface area contributed by atoms with Gasteiger partial charge >= 0.3 is 6.03 Å². The van der Waals surface area contributed by atoms with E-state index in [0.717, 1.165) is 22.6 Å². The van der Waals surface area contributed by atoms with Crippen LogP contribution < -0.4 is 10.6 Å². The van der Waals surface area contributed by atoms with Crippen LogP contribution in [-0.4, -0.2) is 12.6 Å². The molecule has 0 aromatic heterocycles. The molecule has 3 nitrogen and oxygen atoms in total. The second kappa shape index (κ2) is 5.37. The molecule has 19 heavy (non-hydrogen) atoms. The van der Waals surface area contributed by atoms with Gasteiger partial charge in [-0.3, -0.25) is 0 Å². The van der Waals surface area contributed by atoms with Crippen molar-refractivity contribution in [3.05, 3.63) is 40.9 Å². The zero-order chi connectivity index (χ0) is 13.2. The van der Waals surface area contributed by atoms with Crippen molar-refractivity contribution in [2.45, 2.75) is 12.8 Å². The minimum atomic E-state index is -0.117. The minimum absolute atomic E-state index is 0.117. The second-order valence-corrected chi connectivity index (χ2v) is 6.30. The summed E-state index contributed by atoms with van der Waals surface area (Å²) in [6, 6.07) is 7.47. The van der Waals surface area contributed by atoms with Gasteiger partial charge in [0.2, 0.25) is 0 Å². The van der Waals surface area contributed by atoms with E-state index in [2.05, 4.69) is 38.7 Å². The molecule has 2 N–H and O–H groups in total. The Labute approximate surface area is 121 Å². The summed E-state index contributed by atoms with van der Waals surface area (Å²) >= 11 is 3.37. The number of hydrogen-bond donors (Lipinski definition) is 2. The van der Waals surface area contributed by atoms with Crippen LogP contribution in [0.3, 0.4) is 0 Å². The summed E-state index contributed by atoms with van der Waals surface area (Å²) in [5.41, 5.74) is 0.813. The lowest BCUT2D eigenvalue weighted by molar-refractivity contribution is 0.249. The number of anilines is 1. The Morgan fingerprint density at radius 2 is 2.00 bits per heavy atom. The van der Waals surface area contributed by atoms with Crippen molar-refractivity contribution >= 4 is 27.6 Å². The van der Waals surface area contributed by atoms with Gasteiger partial charge in [0, 0.05) is 16.7 Å². The van der Waals surface area contributed by atoms with E-state index in [-0.39, 0.29) is 6.03 Å². The molecule has 0 heterocycles. The molecule has 2 amide bonds. The first-order valence-corrected chi connectivity index (χ1v) is 7.49. The number of rotatable bonds is 3. The molecule has 3 atom stereocenters. The fourth-order valence-electron chi connectivity index (χ4n) is 3.06. The monoisotopic (exact) mass is 320 g/mol. The predicted octanol–water partition coefficient (Wildman–Crippen LogP) is 3.78. The highest BCUT2D eigenvalue weighted by atomic mass is 79.9. The van der Waals surface area contributed by atoms with Gasteiger partial charge in [-0.25, -0.2) is 4.79 Å². The normalized spacial score (nSPS) is 27.5. The van der Waals surface area contributed by atoms with Gasteiger partial charge in [-0.1, -0.05) is 28.1 Å². The van der Waals surface area contributed by atoms with Crippen LogP contribution in [0, 0.1) is 17.8 Å². The topological polar surface area (TPSA) is 41.1 Å². The molecule has 1 fully saturated rings. The molecule has 2 aliphatic carbocycles. The average molecular weight is 321 g/mol. The first-order chi connectivity index (χ1) is 9.20. The van der Waals surface area contributed by atoms with Gasteiger partial charge in [0.05, 0.1) is 0 Å². The van der Waals surface area contributed by atoms with Crippen LogP contribution in [0.5, 0.6) is 0 Å². The summed E-state index contributed by atoms with van der Waals surface area (Å²) < 4.78 is 1.01. The minimum Gasteiger partial charge on any atom is -0.338 e. The van der Waals surface area contributed by atoms with Crippen LogP contribution in [0.4, 0.5) is 10.5 Å². The van der Waals surface area contributed by atoms with E-state index in [1.54, 1.807) is 0 Å². The first-order valence-electron chi connectivity index (χ1n) is 6.69. The molecule has 3 rings (SSSR count). The highest BCUT2D eigenvalue weighted by molar-refractivity contribution is 9.10. The molecule has 0 radical (unpaired) electrons. The van der Waals surface area contributed by atoms with E-state index < -0.39 is 0 Å². The number of amides is 2. The van der Waals surface area contributed by atoms with E-state index in [1.807, 2.05) is 24.3 Å². The molecular formula is C15H17BrN2O. The number of allylic oxidation sites excluding steroid dienone is 2. The van der Waals surface area contributed by atoms with E-state index in [4.69, 9.17) is 0 Å². The van der Waals surface area contributed by atoms with Gasteiger partial charge in [-0.15, -0.1) is 0 Å². The molecule has 0 spiro atoms. The standard InChI is InChI=1S/C15H17BrN2O/c16-13-3-5-14(6-4-13)18-15(19)17-9-12-8-10-1-2-11(12)7-10/h1-6,10-12H,7-9H2,(H2,17,18,19)/t10-,11-,12-/m0/s1. The molecule has 2 aliphatic rings. The molecule has 2 bridgehead atoms. The zero-order valence-corrected chi connectivity index (χ0v) is 12.2. The molecule has 0 aliphatic heterocycles. The maximum atomic E-state index is 11.8. The van der Waals surface area contributed by atoms with Gasteiger partial charge in [0.1, 0.15) is 0 Å². The van der Waals surface area contributed by atoms with Crippen molar-refractivity contribution in [3.63, 3.8) is 0 Å². The van der Waals surface area contributed by atoms with Gasteiger partial charge in [0.15, 0.2) is 0 Å². The summed E-state index contributed by atoms with van der Waals surface area (Å²) in [7, 11) is 0. The lowest BCUT2D eigenvalue weighted by Gasteiger charge is -2.18. The number of urea groups is 1. The van der Waals surface area contributed by atoms with E-state index in [9.17, 15) is 4.79 Å². The third-order valence-corrected chi connectivity index (χ3v) is 4.57. The Kier molecular flexibility index (Phi) is 3.60. The maximum absolute atomic E-state index is 11.8. The number of halogens is 1. The highest BCUT2D eigenvalue weighted by Crippen LogP contribution is 2.42. The molecule has 0 saturated heterocycles. The zero-order valence-electron chi connectivity index (χ0n) is 10.6. The summed E-state index contributed by atoms with van der Waals surface area (Å²) in [4.78, 5) is 11.8. The quantitative estimate of drug-likeness (QED) is 0.817. The van der Waals surface area contributed by atoms with Gasteiger partial charge in [-0.05, 0) is 54.9 Å². The van der Waals surface area contributed by atoms with Crippen molar-refractivity contribution in [2.75, 3.05) is 11.9 Å². The molecule has 1 aromatic rings. The van der Waals surface area contributed by atoms with Crippen molar-refractivity contribution < 1.29 is 4.79 Å². The largest absolute Gasteiger partial charge is 0.338 e. The summed E-state index contributed by atoms with van der Waals surface area (Å²) in [6.45, 7) is 0.772. The highest BCUT2D eigenvalue weighted by Gasteiger charge is 2.35. The Morgan fingerprint density at radius 1 is 1.21 bits per heavy atom. The molecule has 1 saturated carbocycles. The Morgan fingerprint density at radius 3 is 2.63 bits per heavy atom. The van der Waals surface area contributed by atoms with Crippen LogP contribution in [0.1, 0.15) is 12.8 Å². The summed E-state index contributed by atoms with van der Waals surface area (Å²) in [5.74, 6) is 2.05. The number of carbonyl (C=O) groups is 1.